The molecule has 4 atom stereocenters. The first-order chi connectivity index (χ1) is 19.0. The number of aromatic nitrogens is 1. The predicted octanol–water partition coefficient (Wildman–Crippen LogP) is 0.173. The van der Waals surface area contributed by atoms with Crippen molar-refractivity contribution in [3.63, 3.8) is 0 Å². The van der Waals surface area contributed by atoms with E-state index in [0.29, 0.717) is 11.1 Å². The average Bonchev–Trinajstić information content (AvgIpc) is 3.33. The molecule has 0 aliphatic rings. The van der Waals surface area contributed by atoms with Crippen molar-refractivity contribution >= 4 is 34.6 Å². The Balaban J connectivity index is 1.90. The lowest BCUT2D eigenvalue weighted by Gasteiger charge is -2.25. The molecule has 0 bridgehead atoms. The molecule has 1 heterocycles. The Bertz CT molecular complexity index is 1340. The summed E-state index contributed by atoms with van der Waals surface area (Å²) in [6.45, 7) is 2.68. The molecular weight excluding hydrogens is 518 g/mol. The lowest BCUT2D eigenvalue weighted by molar-refractivity contribution is -0.143. The molecule has 214 valence electrons. The molecule has 9 N–H and O–H groups in total. The van der Waals surface area contributed by atoms with Crippen LogP contribution in [0.25, 0.3) is 10.9 Å². The standard InChI is InChI=1S/C28H35N5O7/c1-15(2)24(29)27(38)32-21(11-16-7-9-18(35)10-8-16)25(36)31-22(26(37)33-23(14-34)28(39)40)12-17-13-30-20-6-4-3-5-19(17)20/h3-10,13,15,21-24,30,34-35H,11-12,14,29H2,1-2H3,(H,31,36)(H,32,38)(H,33,37)(H,39,40). The van der Waals surface area contributed by atoms with Crippen LogP contribution in [-0.4, -0.2) is 74.8 Å². The van der Waals surface area contributed by atoms with Crippen LogP contribution in [-0.2, 0) is 32.0 Å². The largest absolute Gasteiger partial charge is 0.508 e. The SMILES string of the molecule is CC(C)C(N)C(=O)NC(Cc1ccc(O)cc1)C(=O)NC(Cc1c[nH]c2ccccc12)C(=O)NC(CO)C(=O)O. The van der Waals surface area contributed by atoms with Crippen molar-refractivity contribution in [1.82, 2.24) is 20.9 Å². The van der Waals surface area contributed by atoms with Crippen molar-refractivity contribution in [2.45, 2.75) is 50.9 Å². The smallest absolute Gasteiger partial charge is 0.328 e. The maximum Gasteiger partial charge on any atom is 0.328 e. The van der Waals surface area contributed by atoms with E-state index >= 15 is 0 Å². The van der Waals surface area contributed by atoms with Gasteiger partial charge in [0.15, 0.2) is 0 Å². The Morgan fingerprint density at radius 3 is 2.02 bits per heavy atom. The van der Waals surface area contributed by atoms with Gasteiger partial charge in [0, 0.05) is 29.9 Å². The second-order valence-corrected chi connectivity index (χ2v) is 9.91. The van der Waals surface area contributed by atoms with Crippen molar-refractivity contribution in [1.29, 1.82) is 0 Å². The topological polar surface area (TPSA) is 207 Å². The summed E-state index contributed by atoms with van der Waals surface area (Å²) in [5, 5.41) is 36.7. The lowest BCUT2D eigenvalue weighted by atomic mass is 10.00. The maximum atomic E-state index is 13.6. The summed E-state index contributed by atoms with van der Waals surface area (Å²) in [7, 11) is 0. The Labute approximate surface area is 231 Å². The van der Waals surface area contributed by atoms with Gasteiger partial charge in [-0.2, -0.15) is 0 Å². The highest BCUT2D eigenvalue weighted by Crippen LogP contribution is 2.19. The van der Waals surface area contributed by atoms with Gasteiger partial charge in [0.1, 0.15) is 23.9 Å². The van der Waals surface area contributed by atoms with Crippen LogP contribution in [0.5, 0.6) is 5.75 Å². The minimum Gasteiger partial charge on any atom is -0.508 e. The van der Waals surface area contributed by atoms with E-state index in [1.807, 2.05) is 24.3 Å². The quantitative estimate of drug-likeness (QED) is 0.146. The number of aliphatic hydroxyl groups is 1. The number of hydrogen-bond donors (Lipinski definition) is 8. The normalized spacial score (nSPS) is 14.2. The van der Waals surface area contributed by atoms with Crippen molar-refractivity contribution in [2.75, 3.05) is 6.61 Å². The van der Waals surface area contributed by atoms with Gasteiger partial charge in [0.05, 0.1) is 12.6 Å². The number of aromatic hydroxyl groups is 1. The number of carbonyl (C=O) groups excluding carboxylic acids is 3. The van der Waals surface area contributed by atoms with E-state index in [1.165, 1.54) is 12.1 Å². The molecule has 3 amide bonds. The van der Waals surface area contributed by atoms with Crippen LogP contribution in [0.4, 0.5) is 0 Å². The number of carboxylic acids is 1. The molecule has 0 saturated carbocycles. The first-order valence-electron chi connectivity index (χ1n) is 12.8. The number of carboxylic acid groups (broad SMARTS) is 1. The van der Waals surface area contributed by atoms with Crippen molar-refractivity contribution in [2.24, 2.45) is 11.7 Å². The van der Waals surface area contributed by atoms with E-state index in [2.05, 4.69) is 20.9 Å². The number of aromatic amines is 1. The van der Waals surface area contributed by atoms with Gasteiger partial charge in [-0.25, -0.2) is 4.79 Å². The first kappa shape index (κ1) is 30.1. The number of para-hydroxylation sites is 1. The van der Waals surface area contributed by atoms with Gasteiger partial charge in [0.25, 0.3) is 0 Å². The highest BCUT2D eigenvalue weighted by molar-refractivity contribution is 5.95. The van der Waals surface area contributed by atoms with E-state index < -0.39 is 54.5 Å². The van der Waals surface area contributed by atoms with Crippen LogP contribution < -0.4 is 21.7 Å². The number of carbonyl (C=O) groups is 4. The number of H-pyrrole nitrogens is 1. The molecule has 0 fully saturated rings. The van der Waals surface area contributed by atoms with Crippen molar-refractivity contribution < 1.29 is 34.5 Å². The van der Waals surface area contributed by atoms with Gasteiger partial charge >= 0.3 is 5.97 Å². The first-order valence-corrected chi connectivity index (χ1v) is 12.8. The van der Waals surface area contributed by atoms with Crippen LogP contribution in [0.3, 0.4) is 0 Å². The molecule has 3 rings (SSSR count). The zero-order valence-corrected chi connectivity index (χ0v) is 22.3. The summed E-state index contributed by atoms with van der Waals surface area (Å²) >= 11 is 0. The Kier molecular flexibility index (Phi) is 10.2. The van der Waals surface area contributed by atoms with Gasteiger partial charge in [-0.3, -0.25) is 14.4 Å². The number of phenolic OH excluding ortho intramolecular Hbond substituents is 1. The van der Waals surface area contributed by atoms with E-state index in [4.69, 9.17) is 5.73 Å². The number of aliphatic carboxylic acids is 1. The molecule has 4 unspecified atom stereocenters. The number of hydrogen-bond acceptors (Lipinski definition) is 7. The third-order valence-corrected chi connectivity index (χ3v) is 6.56. The van der Waals surface area contributed by atoms with E-state index in [0.717, 1.165) is 10.9 Å². The fourth-order valence-electron chi connectivity index (χ4n) is 4.11. The lowest BCUT2D eigenvalue weighted by Crippen LogP contribution is -2.58. The third-order valence-electron chi connectivity index (χ3n) is 6.56. The number of rotatable bonds is 13. The number of nitrogens with one attached hydrogen (secondary N) is 4. The number of amides is 3. The molecule has 3 aromatic rings. The Morgan fingerprint density at radius 1 is 0.850 bits per heavy atom. The van der Waals surface area contributed by atoms with Crippen LogP contribution >= 0.6 is 0 Å². The monoisotopic (exact) mass is 553 g/mol. The number of benzene rings is 2. The van der Waals surface area contributed by atoms with Gasteiger partial charge in [-0.15, -0.1) is 0 Å². The van der Waals surface area contributed by atoms with E-state index in [-0.39, 0.29) is 24.5 Å². The average molecular weight is 554 g/mol. The molecule has 0 radical (unpaired) electrons. The van der Waals surface area contributed by atoms with E-state index in [9.17, 15) is 34.5 Å². The molecule has 2 aromatic carbocycles. The fourth-order valence-corrected chi connectivity index (χ4v) is 4.11. The highest BCUT2D eigenvalue weighted by Gasteiger charge is 2.31. The molecular formula is C28H35N5O7. The molecule has 0 spiro atoms. The summed E-state index contributed by atoms with van der Waals surface area (Å²) in [5.41, 5.74) is 8.11. The summed E-state index contributed by atoms with van der Waals surface area (Å²) in [5.74, 6) is -3.69. The minimum atomic E-state index is -1.58. The number of nitrogens with two attached hydrogens (primary N) is 1. The number of phenols is 1. The maximum absolute atomic E-state index is 13.6. The molecule has 12 nitrogen and oxygen atoms in total. The Hall–Kier alpha value is -4.42. The van der Waals surface area contributed by atoms with E-state index in [1.54, 1.807) is 32.2 Å². The van der Waals surface area contributed by atoms with Crippen molar-refractivity contribution in [3.05, 3.63) is 65.9 Å². The zero-order valence-electron chi connectivity index (χ0n) is 22.3. The second kappa shape index (κ2) is 13.6. The third kappa shape index (κ3) is 7.80. The van der Waals surface area contributed by atoms with Crippen LogP contribution in [0, 0.1) is 5.92 Å². The van der Waals surface area contributed by atoms with Crippen LogP contribution in [0.1, 0.15) is 25.0 Å². The predicted molar refractivity (Wildman–Crippen MR) is 147 cm³/mol. The number of fused-ring (bicyclic) bond motifs is 1. The van der Waals surface area contributed by atoms with Gasteiger partial charge < -0.3 is 42.0 Å². The number of aliphatic hydroxyl groups excluding tert-OH is 1. The van der Waals surface area contributed by atoms with Crippen LogP contribution in [0.2, 0.25) is 0 Å². The second-order valence-electron chi connectivity index (χ2n) is 9.91. The summed E-state index contributed by atoms with van der Waals surface area (Å²) in [4.78, 5) is 54.1. The van der Waals surface area contributed by atoms with Crippen LogP contribution in [0.15, 0.2) is 54.7 Å². The zero-order chi connectivity index (χ0) is 29.4. The summed E-state index contributed by atoms with van der Waals surface area (Å²) in [6.07, 6.45) is 1.71. The molecule has 0 aliphatic carbocycles. The highest BCUT2D eigenvalue weighted by atomic mass is 16.4. The van der Waals surface area contributed by atoms with Crippen molar-refractivity contribution in [3.8, 4) is 5.75 Å². The van der Waals surface area contributed by atoms with Gasteiger partial charge in [0.2, 0.25) is 17.7 Å². The molecule has 40 heavy (non-hydrogen) atoms. The van der Waals surface area contributed by atoms with Gasteiger partial charge in [-0.05, 0) is 35.2 Å². The molecule has 0 saturated heterocycles. The fraction of sp³-hybridized carbons (Fsp3) is 0.357. The summed E-state index contributed by atoms with van der Waals surface area (Å²) < 4.78 is 0. The minimum absolute atomic E-state index is 0.00919. The van der Waals surface area contributed by atoms with Gasteiger partial charge in [-0.1, -0.05) is 44.2 Å². The summed E-state index contributed by atoms with van der Waals surface area (Å²) in [6, 6.07) is 8.57. The Morgan fingerprint density at radius 2 is 1.43 bits per heavy atom. The molecule has 1 aromatic heterocycles. The molecule has 12 heteroatoms. The molecule has 0 aliphatic heterocycles.